The zero-order valence-corrected chi connectivity index (χ0v) is 24.2. The molecule has 3 aromatic rings. The molecule has 0 bridgehead atoms. The summed E-state index contributed by atoms with van der Waals surface area (Å²) < 4.78 is 7.20. The normalized spacial score (nSPS) is 16.6. The number of fused-ring (bicyclic) bond motifs is 1. The summed E-state index contributed by atoms with van der Waals surface area (Å²) in [6, 6.07) is 16.1. The summed E-state index contributed by atoms with van der Waals surface area (Å²) in [5.41, 5.74) is 4.66. The molecule has 0 saturated heterocycles. The molecule has 0 aliphatic carbocycles. The Kier molecular flexibility index (Phi) is 8.21. The predicted octanol–water partition coefficient (Wildman–Crippen LogP) is 5.57. The third-order valence-corrected chi connectivity index (χ3v) is 8.04. The van der Waals surface area contributed by atoms with Crippen molar-refractivity contribution in [1.29, 1.82) is 0 Å². The Morgan fingerprint density at radius 3 is 2.53 bits per heavy atom. The van der Waals surface area contributed by atoms with Crippen LogP contribution in [0.1, 0.15) is 68.7 Å². The van der Waals surface area contributed by atoms with Crippen LogP contribution in [-0.2, 0) is 15.0 Å². The van der Waals surface area contributed by atoms with Crippen LogP contribution in [0.5, 0.6) is 5.75 Å². The van der Waals surface area contributed by atoms with E-state index in [1.165, 1.54) is 0 Å². The third kappa shape index (κ3) is 5.75. The van der Waals surface area contributed by atoms with E-state index < -0.39 is 0 Å². The maximum absolute atomic E-state index is 13.7. The number of aromatic nitrogens is 2. The third-order valence-electron chi connectivity index (χ3n) is 6.78. The van der Waals surface area contributed by atoms with Crippen molar-refractivity contribution in [3.8, 4) is 11.4 Å². The average molecular weight is 535 g/mol. The van der Waals surface area contributed by atoms with Crippen LogP contribution in [0.4, 0.5) is 5.82 Å². The van der Waals surface area contributed by atoms with Crippen molar-refractivity contribution in [3.05, 3.63) is 70.9 Å². The van der Waals surface area contributed by atoms with Gasteiger partial charge in [-0.05, 0) is 50.1 Å². The maximum Gasteiger partial charge on any atom is 0.240 e. The van der Waals surface area contributed by atoms with E-state index in [1.807, 2.05) is 42.8 Å². The lowest BCUT2D eigenvalue weighted by Gasteiger charge is -2.25. The second-order valence-corrected chi connectivity index (χ2v) is 12.0. The van der Waals surface area contributed by atoms with Crippen molar-refractivity contribution in [2.45, 2.75) is 64.7 Å². The Morgan fingerprint density at radius 2 is 1.92 bits per heavy atom. The number of hydrogen-bond acceptors (Lipinski definition) is 5. The summed E-state index contributed by atoms with van der Waals surface area (Å²) in [6.45, 7) is 12.4. The maximum atomic E-state index is 13.7. The molecule has 1 aromatic heterocycles. The molecular formula is C30H38N4O3S. The number of anilines is 1. The number of hydrogen-bond donors (Lipinski definition) is 1. The second kappa shape index (κ2) is 11.2. The first-order chi connectivity index (χ1) is 18.0. The molecule has 38 heavy (non-hydrogen) atoms. The number of amides is 2. The fourth-order valence-electron chi connectivity index (χ4n) is 4.64. The molecule has 2 aromatic carbocycles. The van der Waals surface area contributed by atoms with E-state index in [1.54, 1.807) is 23.8 Å². The minimum Gasteiger partial charge on any atom is -0.497 e. The largest absolute Gasteiger partial charge is 0.497 e. The number of methoxy groups -OCH3 is 1. The molecule has 0 saturated carbocycles. The Bertz CT molecular complexity index is 1310. The van der Waals surface area contributed by atoms with E-state index in [4.69, 9.17) is 9.84 Å². The molecule has 202 valence electrons. The quantitative estimate of drug-likeness (QED) is 0.429. The van der Waals surface area contributed by atoms with Gasteiger partial charge in [0, 0.05) is 17.0 Å². The summed E-state index contributed by atoms with van der Waals surface area (Å²) in [5, 5.41) is 8.05. The number of carbonyl (C=O) groups excluding carboxylic acids is 2. The highest BCUT2D eigenvalue weighted by Crippen LogP contribution is 2.48. The minimum absolute atomic E-state index is 0.0232. The van der Waals surface area contributed by atoms with Crippen LogP contribution in [0.15, 0.2) is 48.5 Å². The monoisotopic (exact) mass is 534 g/mol. The van der Waals surface area contributed by atoms with Gasteiger partial charge in [-0.3, -0.25) is 14.5 Å². The molecule has 0 unspecified atom stereocenters. The molecule has 1 aliphatic heterocycles. The first-order valence-electron chi connectivity index (χ1n) is 13.1. The van der Waals surface area contributed by atoms with E-state index >= 15 is 0 Å². The molecule has 0 radical (unpaired) electrons. The Morgan fingerprint density at radius 1 is 1.21 bits per heavy atom. The van der Waals surface area contributed by atoms with Crippen molar-refractivity contribution >= 4 is 29.4 Å². The number of benzene rings is 2. The van der Waals surface area contributed by atoms with Crippen molar-refractivity contribution in [3.63, 3.8) is 0 Å². The standard InChI is InChI=1S/C30H38N4O3S/c1-8-20(3)31-24(35)17-33-25(36)18-38-27(21-11-9-10-19(2)16-21)26-28(30(4,5)6)32-34(29(26)33)22-12-14-23(37-7)15-13-22/h9-16,20,27H,8,17-18H2,1-7H3,(H,31,35)/t20-,27-/m0/s1. The molecule has 2 amide bonds. The topological polar surface area (TPSA) is 76.5 Å². The van der Waals surface area contributed by atoms with Gasteiger partial charge in [0.1, 0.15) is 18.1 Å². The van der Waals surface area contributed by atoms with Crippen molar-refractivity contribution in [1.82, 2.24) is 15.1 Å². The highest BCUT2D eigenvalue weighted by molar-refractivity contribution is 8.00. The number of rotatable bonds is 7. The molecule has 2 heterocycles. The molecule has 7 nitrogen and oxygen atoms in total. The van der Waals surface area contributed by atoms with Gasteiger partial charge in [0.25, 0.3) is 0 Å². The van der Waals surface area contributed by atoms with Crippen molar-refractivity contribution < 1.29 is 14.3 Å². The average Bonchev–Trinajstić information content (AvgIpc) is 3.22. The van der Waals surface area contributed by atoms with Crippen LogP contribution in [0.2, 0.25) is 0 Å². The minimum atomic E-state index is -0.303. The summed E-state index contributed by atoms with van der Waals surface area (Å²) in [6.07, 6.45) is 0.814. The van der Waals surface area contributed by atoms with E-state index in [-0.39, 0.29) is 40.8 Å². The lowest BCUT2D eigenvalue weighted by atomic mass is 9.87. The van der Waals surface area contributed by atoms with Crippen molar-refractivity contribution in [2.24, 2.45) is 0 Å². The number of ether oxygens (including phenoxy) is 1. The predicted molar refractivity (Wildman–Crippen MR) is 155 cm³/mol. The number of thioether (sulfide) groups is 1. The summed E-state index contributed by atoms with van der Waals surface area (Å²) in [7, 11) is 1.63. The van der Waals surface area contributed by atoms with Gasteiger partial charge in [0.15, 0.2) is 0 Å². The molecular weight excluding hydrogens is 496 g/mol. The van der Waals surface area contributed by atoms with Crippen molar-refractivity contribution in [2.75, 3.05) is 24.3 Å². The van der Waals surface area contributed by atoms with E-state index in [0.29, 0.717) is 5.82 Å². The Hall–Kier alpha value is -3.26. The molecule has 1 N–H and O–H groups in total. The van der Waals surface area contributed by atoms with Crippen LogP contribution < -0.4 is 15.0 Å². The summed E-state index contributed by atoms with van der Waals surface area (Å²) in [5.74, 6) is 1.35. The van der Waals surface area contributed by atoms with Crippen LogP contribution >= 0.6 is 11.8 Å². The smallest absolute Gasteiger partial charge is 0.240 e. The van der Waals surface area contributed by atoms with Crippen LogP contribution in [0.3, 0.4) is 0 Å². The van der Waals surface area contributed by atoms with Gasteiger partial charge in [-0.15, -0.1) is 11.8 Å². The Balaban J connectivity index is 1.98. The number of aryl methyl sites for hydroxylation is 1. The highest BCUT2D eigenvalue weighted by atomic mass is 32.2. The molecule has 2 atom stereocenters. The number of nitrogens with one attached hydrogen (secondary N) is 1. The van der Waals surface area contributed by atoms with Gasteiger partial charge in [-0.25, -0.2) is 4.68 Å². The van der Waals surface area contributed by atoms with Gasteiger partial charge in [-0.1, -0.05) is 57.5 Å². The van der Waals surface area contributed by atoms with Gasteiger partial charge in [0.05, 0.1) is 29.5 Å². The summed E-state index contributed by atoms with van der Waals surface area (Å²) >= 11 is 1.59. The first-order valence-corrected chi connectivity index (χ1v) is 14.1. The van der Waals surface area contributed by atoms with Crippen LogP contribution in [-0.4, -0.2) is 47.0 Å². The lowest BCUT2D eigenvalue weighted by Crippen LogP contribution is -2.44. The SMILES string of the molecule is CC[C@H](C)NC(=O)CN1C(=O)CS[C@@H](c2cccc(C)c2)c2c(C(C)(C)C)nn(-c3ccc(OC)cc3)c21. The molecule has 0 fully saturated rings. The van der Waals surface area contributed by atoms with E-state index in [9.17, 15) is 9.59 Å². The number of nitrogens with zero attached hydrogens (tertiary/aromatic N) is 3. The van der Waals surface area contributed by atoms with E-state index in [0.717, 1.165) is 40.2 Å². The van der Waals surface area contributed by atoms with Gasteiger partial charge in [-0.2, -0.15) is 5.10 Å². The lowest BCUT2D eigenvalue weighted by molar-refractivity contribution is -0.123. The number of carbonyl (C=O) groups is 2. The highest BCUT2D eigenvalue weighted by Gasteiger charge is 2.40. The Labute approximate surface area is 229 Å². The van der Waals surface area contributed by atoms with Gasteiger partial charge in [0.2, 0.25) is 11.8 Å². The first kappa shape index (κ1) is 27.8. The van der Waals surface area contributed by atoms with Crippen LogP contribution in [0, 0.1) is 6.92 Å². The molecule has 4 rings (SSSR count). The van der Waals surface area contributed by atoms with Crippen LogP contribution in [0.25, 0.3) is 5.69 Å². The molecule has 1 aliphatic rings. The molecule has 0 spiro atoms. The second-order valence-electron chi connectivity index (χ2n) is 10.9. The fraction of sp³-hybridized carbons (Fsp3) is 0.433. The zero-order chi connectivity index (χ0) is 27.6. The fourth-order valence-corrected chi connectivity index (χ4v) is 5.83. The van der Waals surface area contributed by atoms with Gasteiger partial charge < -0.3 is 10.1 Å². The summed E-state index contributed by atoms with van der Waals surface area (Å²) in [4.78, 5) is 28.5. The zero-order valence-electron chi connectivity index (χ0n) is 23.4. The molecule has 8 heteroatoms. The van der Waals surface area contributed by atoms with E-state index in [2.05, 4.69) is 57.3 Å². The van der Waals surface area contributed by atoms with Gasteiger partial charge >= 0.3 is 0 Å².